The molecule has 0 fully saturated rings. The summed E-state index contributed by atoms with van der Waals surface area (Å²) in [5, 5.41) is 14.0. The van der Waals surface area contributed by atoms with E-state index in [4.69, 9.17) is 0 Å². The third-order valence-electron chi connectivity index (χ3n) is 3.11. The van der Waals surface area contributed by atoms with Crippen molar-refractivity contribution in [2.45, 2.75) is 32.7 Å². The molecule has 22 heavy (non-hydrogen) atoms. The molecular formula is C17H22N4O. The molecule has 0 bridgehead atoms. The minimum atomic E-state index is -0.196. The van der Waals surface area contributed by atoms with Crippen molar-refractivity contribution in [3.63, 3.8) is 0 Å². The Bertz CT molecular complexity index is 581. The zero-order chi connectivity index (χ0) is 15.8. The van der Waals surface area contributed by atoms with Crippen molar-refractivity contribution < 1.29 is 4.79 Å². The second-order valence-corrected chi connectivity index (χ2v) is 5.45. The van der Waals surface area contributed by atoms with Crippen molar-refractivity contribution in [3.05, 3.63) is 53.7 Å². The van der Waals surface area contributed by atoms with Gasteiger partial charge in [-0.25, -0.2) is 0 Å². The number of aryl methyl sites for hydroxylation is 1. The van der Waals surface area contributed by atoms with Crippen LogP contribution in [0, 0.1) is 0 Å². The minimum absolute atomic E-state index is 0.0880. The van der Waals surface area contributed by atoms with Crippen LogP contribution in [0.3, 0.4) is 0 Å². The monoisotopic (exact) mass is 298 g/mol. The zero-order valence-electron chi connectivity index (χ0n) is 13.0. The number of rotatable bonds is 7. The average molecular weight is 298 g/mol. The van der Waals surface area contributed by atoms with Gasteiger partial charge in [0.25, 0.3) is 5.91 Å². The SMILES string of the molecule is CC(C)NC(=O)c1ccc(NCCCc2ccccc2)nn1. The van der Waals surface area contributed by atoms with Crippen molar-refractivity contribution in [1.82, 2.24) is 15.5 Å². The van der Waals surface area contributed by atoms with E-state index in [1.54, 1.807) is 12.1 Å². The summed E-state index contributed by atoms with van der Waals surface area (Å²) in [6, 6.07) is 13.9. The van der Waals surface area contributed by atoms with Crippen LogP contribution in [0.4, 0.5) is 5.82 Å². The van der Waals surface area contributed by atoms with Gasteiger partial charge < -0.3 is 10.6 Å². The third-order valence-corrected chi connectivity index (χ3v) is 3.11. The third kappa shape index (κ3) is 5.16. The maximum Gasteiger partial charge on any atom is 0.271 e. The first kappa shape index (κ1) is 15.9. The van der Waals surface area contributed by atoms with Gasteiger partial charge in [0.2, 0.25) is 0 Å². The van der Waals surface area contributed by atoms with Gasteiger partial charge in [0.05, 0.1) is 0 Å². The molecule has 0 spiro atoms. The maximum absolute atomic E-state index is 11.7. The summed E-state index contributed by atoms with van der Waals surface area (Å²) < 4.78 is 0. The summed E-state index contributed by atoms with van der Waals surface area (Å²) in [5.74, 6) is 0.493. The molecule has 5 heteroatoms. The van der Waals surface area contributed by atoms with E-state index in [0.717, 1.165) is 19.4 Å². The molecule has 0 unspecified atom stereocenters. The summed E-state index contributed by atoms with van der Waals surface area (Å²) >= 11 is 0. The molecule has 0 atom stereocenters. The molecule has 1 aromatic carbocycles. The van der Waals surface area contributed by atoms with Crippen molar-refractivity contribution >= 4 is 11.7 Å². The van der Waals surface area contributed by atoms with E-state index in [0.29, 0.717) is 11.5 Å². The number of anilines is 1. The van der Waals surface area contributed by atoms with Gasteiger partial charge in [0, 0.05) is 12.6 Å². The average Bonchev–Trinajstić information content (AvgIpc) is 2.52. The fourth-order valence-electron chi connectivity index (χ4n) is 2.04. The molecule has 0 aliphatic heterocycles. The Labute approximate surface area is 131 Å². The molecule has 2 N–H and O–H groups in total. The lowest BCUT2D eigenvalue weighted by Gasteiger charge is -2.08. The molecule has 2 aromatic rings. The van der Waals surface area contributed by atoms with Gasteiger partial charge in [-0.2, -0.15) is 0 Å². The van der Waals surface area contributed by atoms with Gasteiger partial charge in [0.1, 0.15) is 5.82 Å². The zero-order valence-corrected chi connectivity index (χ0v) is 13.0. The molecule has 1 aromatic heterocycles. The number of hydrogen-bond acceptors (Lipinski definition) is 4. The topological polar surface area (TPSA) is 66.9 Å². The van der Waals surface area contributed by atoms with Crippen LogP contribution in [-0.2, 0) is 6.42 Å². The van der Waals surface area contributed by atoms with Crippen LogP contribution in [0.2, 0.25) is 0 Å². The largest absolute Gasteiger partial charge is 0.369 e. The van der Waals surface area contributed by atoms with E-state index in [1.807, 2.05) is 19.9 Å². The summed E-state index contributed by atoms with van der Waals surface area (Å²) in [4.78, 5) is 11.7. The van der Waals surface area contributed by atoms with Gasteiger partial charge in [-0.05, 0) is 44.4 Å². The van der Waals surface area contributed by atoms with Crippen LogP contribution in [0.5, 0.6) is 0 Å². The highest BCUT2D eigenvalue weighted by Gasteiger charge is 2.08. The van der Waals surface area contributed by atoms with Crippen LogP contribution >= 0.6 is 0 Å². The first-order valence-corrected chi connectivity index (χ1v) is 7.57. The Hall–Kier alpha value is -2.43. The van der Waals surface area contributed by atoms with Crippen LogP contribution < -0.4 is 10.6 Å². The molecule has 0 radical (unpaired) electrons. The molecule has 5 nitrogen and oxygen atoms in total. The molecule has 0 aliphatic carbocycles. The van der Waals surface area contributed by atoms with Crippen LogP contribution in [0.15, 0.2) is 42.5 Å². The summed E-state index contributed by atoms with van der Waals surface area (Å²) in [5.41, 5.74) is 1.67. The van der Waals surface area contributed by atoms with E-state index in [2.05, 4.69) is 45.1 Å². The highest BCUT2D eigenvalue weighted by atomic mass is 16.1. The Morgan fingerprint density at radius 2 is 1.86 bits per heavy atom. The van der Waals surface area contributed by atoms with Crippen LogP contribution in [-0.4, -0.2) is 28.7 Å². The fourth-order valence-corrected chi connectivity index (χ4v) is 2.04. The Morgan fingerprint density at radius 3 is 2.50 bits per heavy atom. The Kier molecular flexibility index (Phi) is 5.89. The smallest absolute Gasteiger partial charge is 0.271 e. The quantitative estimate of drug-likeness (QED) is 0.771. The van der Waals surface area contributed by atoms with E-state index in [1.165, 1.54) is 5.56 Å². The molecule has 116 valence electrons. The standard InChI is InChI=1S/C17H22N4O/c1-13(2)19-17(22)15-10-11-16(21-20-15)18-12-6-9-14-7-4-3-5-8-14/h3-5,7-8,10-11,13H,6,9,12H2,1-2H3,(H,18,21)(H,19,22). The van der Waals surface area contributed by atoms with Gasteiger partial charge in [-0.1, -0.05) is 30.3 Å². The molecule has 0 saturated heterocycles. The summed E-state index contributed by atoms with van der Waals surface area (Å²) in [6.07, 6.45) is 2.04. The Morgan fingerprint density at radius 1 is 1.09 bits per heavy atom. The number of hydrogen-bond donors (Lipinski definition) is 2. The van der Waals surface area contributed by atoms with E-state index >= 15 is 0 Å². The molecule has 1 heterocycles. The minimum Gasteiger partial charge on any atom is -0.369 e. The van der Waals surface area contributed by atoms with Gasteiger partial charge in [-0.15, -0.1) is 10.2 Å². The highest BCUT2D eigenvalue weighted by molar-refractivity contribution is 5.92. The number of carbonyl (C=O) groups is 1. The predicted molar refractivity (Wildman–Crippen MR) is 87.9 cm³/mol. The Balaban J connectivity index is 1.76. The van der Waals surface area contributed by atoms with E-state index in [9.17, 15) is 4.79 Å². The van der Waals surface area contributed by atoms with Crippen molar-refractivity contribution in [2.75, 3.05) is 11.9 Å². The normalized spacial score (nSPS) is 10.5. The molecule has 2 rings (SSSR count). The number of nitrogens with one attached hydrogen (secondary N) is 2. The first-order valence-electron chi connectivity index (χ1n) is 7.57. The molecule has 0 saturated carbocycles. The number of amides is 1. The van der Waals surface area contributed by atoms with E-state index in [-0.39, 0.29) is 11.9 Å². The molecule has 0 aliphatic rings. The second kappa shape index (κ2) is 8.12. The lowest BCUT2D eigenvalue weighted by Crippen LogP contribution is -2.30. The lowest BCUT2D eigenvalue weighted by atomic mass is 10.1. The van der Waals surface area contributed by atoms with Crippen molar-refractivity contribution in [1.29, 1.82) is 0 Å². The molecule has 1 amide bonds. The van der Waals surface area contributed by atoms with Gasteiger partial charge in [-0.3, -0.25) is 4.79 Å². The highest BCUT2D eigenvalue weighted by Crippen LogP contribution is 2.05. The number of aromatic nitrogens is 2. The number of nitrogens with zero attached hydrogens (tertiary/aromatic N) is 2. The number of carbonyl (C=O) groups excluding carboxylic acids is 1. The van der Waals surface area contributed by atoms with Crippen molar-refractivity contribution in [2.24, 2.45) is 0 Å². The van der Waals surface area contributed by atoms with Crippen LogP contribution in [0.25, 0.3) is 0 Å². The van der Waals surface area contributed by atoms with Gasteiger partial charge >= 0.3 is 0 Å². The maximum atomic E-state index is 11.7. The second-order valence-electron chi connectivity index (χ2n) is 5.45. The summed E-state index contributed by atoms with van der Waals surface area (Å²) in [7, 11) is 0. The molecular weight excluding hydrogens is 276 g/mol. The lowest BCUT2D eigenvalue weighted by molar-refractivity contribution is 0.0937. The predicted octanol–water partition coefficient (Wildman–Crippen LogP) is 2.66. The first-order chi connectivity index (χ1) is 10.6. The van der Waals surface area contributed by atoms with Crippen molar-refractivity contribution in [3.8, 4) is 0 Å². The van der Waals surface area contributed by atoms with Gasteiger partial charge in [0.15, 0.2) is 5.69 Å². The van der Waals surface area contributed by atoms with Crippen LogP contribution in [0.1, 0.15) is 36.3 Å². The number of benzene rings is 1. The van der Waals surface area contributed by atoms with E-state index < -0.39 is 0 Å². The summed E-state index contributed by atoms with van der Waals surface area (Å²) in [6.45, 7) is 4.64. The fraction of sp³-hybridized carbons (Fsp3) is 0.353.